The molecule has 0 radical (unpaired) electrons. The maximum Gasteiger partial charge on any atom is 0.223 e. The number of carbonyl (C=O) groups excluding carboxylic acids is 1. The summed E-state index contributed by atoms with van der Waals surface area (Å²) in [5, 5.41) is 6.56. The standard InChI is InChI=1S/C17H24N2O.ClH/c1-11-5-3-4-6-15(11)16(13-7-8-13)19-17(20)12(2)14-9-18-10-14;/h3-6,12-14,16,18H,7-10H2,1-2H3,(H,19,20);1H. The molecule has 2 fully saturated rings. The van der Waals surface area contributed by atoms with E-state index in [1.54, 1.807) is 0 Å². The number of aryl methyl sites for hydroxylation is 1. The van der Waals surface area contributed by atoms with E-state index in [0.717, 1.165) is 13.1 Å². The molecular weight excluding hydrogens is 284 g/mol. The maximum atomic E-state index is 12.5. The summed E-state index contributed by atoms with van der Waals surface area (Å²) in [6, 6.07) is 8.64. The van der Waals surface area contributed by atoms with Gasteiger partial charge in [-0.25, -0.2) is 0 Å². The molecule has 2 unspecified atom stereocenters. The van der Waals surface area contributed by atoms with Crippen LogP contribution < -0.4 is 10.6 Å². The molecule has 2 atom stereocenters. The van der Waals surface area contributed by atoms with Gasteiger partial charge < -0.3 is 10.6 Å². The molecule has 1 saturated heterocycles. The van der Waals surface area contributed by atoms with Gasteiger partial charge in [-0.15, -0.1) is 12.4 Å². The molecular formula is C17H25ClN2O. The second kappa shape index (κ2) is 6.80. The Morgan fingerprint density at radius 2 is 1.90 bits per heavy atom. The Kier molecular flexibility index (Phi) is 5.28. The van der Waals surface area contributed by atoms with Crippen molar-refractivity contribution in [2.45, 2.75) is 32.7 Å². The summed E-state index contributed by atoms with van der Waals surface area (Å²) in [6.07, 6.45) is 2.47. The number of hydrogen-bond donors (Lipinski definition) is 2. The summed E-state index contributed by atoms with van der Waals surface area (Å²) in [4.78, 5) is 12.5. The van der Waals surface area contributed by atoms with Gasteiger partial charge in [0.05, 0.1) is 6.04 Å². The predicted molar refractivity (Wildman–Crippen MR) is 87.6 cm³/mol. The molecule has 2 aliphatic rings. The molecule has 1 aliphatic carbocycles. The van der Waals surface area contributed by atoms with Crippen molar-refractivity contribution < 1.29 is 4.79 Å². The van der Waals surface area contributed by atoms with E-state index >= 15 is 0 Å². The molecule has 3 nitrogen and oxygen atoms in total. The van der Waals surface area contributed by atoms with Gasteiger partial charge in [-0.2, -0.15) is 0 Å². The van der Waals surface area contributed by atoms with Gasteiger partial charge in [0.2, 0.25) is 5.91 Å². The summed E-state index contributed by atoms with van der Waals surface area (Å²) in [5.74, 6) is 1.47. The number of benzene rings is 1. The van der Waals surface area contributed by atoms with E-state index in [1.165, 1.54) is 24.0 Å². The third kappa shape index (κ3) is 3.58. The van der Waals surface area contributed by atoms with Crippen LogP contribution in [0, 0.1) is 24.7 Å². The van der Waals surface area contributed by atoms with Crippen molar-refractivity contribution in [1.29, 1.82) is 0 Å². The third-order valence-electron chi connectivity index (χ3n) is 4.85. The van der Waals surface area contributed by atoms with E-state index in [9.17, 15) is 4.79 Å². The van der Waals surface area contributed by atoms with Crippen molar-refractivity contribution in [1.82, 2.24) is 10.6 Å². The van der Waals surface area contributed by atoms with Crippen molar-refractivity contribution in [3.63, 3.8) is 0 Å². The second-order valence-electron chi connectivity index (χ2n) is 6.39. The van der Waals surface area contributed by atoms with Gasteiger partial charge in [-0.3, -0.25) is 4.79 Å². The summed E-state index contributed by atoms with van der Waals surface area (Å²) >= 11 is 0. The highest BCUT2D eigenvalue weighted by Gasteiger charge is 2.36. The van der Waals surface area contributed by atoms with Gasteiger partial charge in [0.25, 0.3) is 0 Å². The van der Waals surface area contributed by atoms with Gasteiger partial charge in [0.15, 0.2) is 0 Å². The fraction of sp³-hybridized carbons (Fsp3) is 0.588. The van der Waals surface area contributed by atoms with Gasteiger partial charge in [0.1, 0.15) is 0 Å². The monoisotopic (exact) mass is 308 g/mol. The first-order chi connectivity index (χ1) is 9.66. The lowest BCUT2D eigenvalue weighted by Crippen LogP contribution is -2.50. The molecule has 1 aromatic rings. The predicted octanol–water partition coefficient (Wildman–Crippen LogP) is 2.84. The van der Waals surface area contributed by atoms with Crippen molar-refractivity contribution in [2.24, 2.45) is 17.8 Å². The topological polar surface area (TPSA) is 41.1 Å². The lowest BCUT2D eigenvalue weighted by Gasteiger charge is -2.33. The first-order valence-corrected chi connectivity index (χ1v) is 7.73. The first kappa shape index (κ1) is 16.3. The van der Waals surface area contributed by atoms with E-state index in [2.05, 4.69) is 48.7 Å². The molecule has 1 amide bonds. The van der Waals surface area contributed by atoms with Crippen LogP contribution in [0.3, 0.4) is 0 Å². The van der Waals surface area contributed by atoms with Gasteiger partial charge in [-0.05, 0) is 55.8 Å². The van der Waals surface area contributed by atoms with Crippen LogP contribution in [0.2, 0.25) is 0 Å². The fourth-order valence-corrected chi connectivity index (χ4v) is 2.98. The average Bonchev–Trinajstić information content (AvgIpc) is 3.18. The number of hydrogen-bond acceptors (Lipinski definition) is 2. The zero-order valence-electron chi connectivity index (χ0n) is 12.8. The number of nitrogens with one attached hydrogen (secondary N) is 2. The minimum Gasteiger partial charge on any atom is -0.349 e. The highest BCUT2D eigenvalue weighted by molar-refractivity contribution is 5.85. The van der Waals surface area contributed by atoms with Crippen LogP contribution in [-0.2, 0) is 4.79 Å². The van der Waals surface area contributed by atoms with E-state index in [0.29, 0.717) is 11.8 Å². The molecule has 0 spiro atoms. The second-order valence-corrected chi connectivity index (χ2v) is 6.39. The summed E-state index contributed by atoms with van der Waals surface area (Å²) < 4.78 is 0. The van der Waals surface area contributed by atoms with Crippen LogP contribution in [-0.4, -0.2) is 19.0 Å². The van der Waals surface area contributed by atoms with Crippen LogP contribution >= 0.6 is 12.4 Å². The number of carbonyl (C=O) groups is 1. The Hall–Kier alpha value is -1.06. The molecule has 21 heavy (non-hydrogen) atoms. The third-order valence-corrected chi connectivity index (χ3v) is 4.85. The highest BCUT2D eigenvalue weighted by atomic mass is 35.5. The Bertz CT molecular complexity index is 497. The van der Waals surface area contributed by atoms with Crippen molar-refractivity contribution in [2.75, 3.05) is 13.1 Å². The quantitative estimate of drug-likeness (QED) is 0.878. The van der Waals surface area contributed by atoms with Crippen molar-refractivity contribution >= 4 is 18.3 Å². The summed E-state index contributed by atoms with van der Waals surface area (Å²) in [5.41, 5.74) is 2.57. The van der Waals surface area contributed by atoms with Crippen LogP contribution in [0.15, 0.2) is 24.3 Å². The number of rotatable bonds is 5. The van der Waals surface area contributed by atoms with Gasteiger partial charge in [0, 0.05) is 5.92 Å². The van der Waals surface area contributed by atoms with Crippen LogP contribution in [0.1, 0.15) is 36.9 Å². The lowest BCUT2D eigenvalue weighted by molar-refractivity contribution is -0.127. The fourth-order valence-electron chi connectivity index (χ4n) is 2.98. The molecule has 116 valence electrons. The van der Waals surface area contributed by atoms with E-state index < -0.39 is 0 Å². The largest absolute Gasteiger partial charge is 0.349 e. The molecule has 0 aromatic heterocycles. The SMILES string of the molecule is Cc1ccccc1C(NC(=O)C(C)C1CNC1)C1CC1.Cl. The van der Waals surface area contributed by atoms with E-state index in [-0.39, 0.29) is 30.3 Å². The maximum absolute atomic E-state index is 12.5. The number of halogens is 1. The Morgan fingerprint density at radius 3 is 2.43 bits per heavy atom. The number of amides is 1. The minimum atomic E-state index is 0. The Balaban J connectivity index is 0.00000161. The van der Waals surface area contributed by atoms with E-state index in [1.807, 2.05) is 0 Å². The van der Waals surface area contributed by atoms with Gasteiger partial charge >= 0.3 is 0 Å². The molecule has 4 heteroatoms. The smallest absolute Gasteiger partial charge is 0.223 e. The molecule has 0 bridgehead atoms. The Labute approximate surface area is 133 Å². The highest BCUT2D eigenvalue weighted by Crippen LogP contribution is 2.42. The molecule has 3 rings (SSSR count). The van der Waals surface area contributed by atoms with Crippen LogP contribution in [0.5, 0.6) is 0 Å². The minimum absolute atomic E-state index is 0. The molecule has 1 aliphatic heterocycles. The van der Waals surface area contributed by atoms with Crippen molar-refractivity contribution in [3.8, 4) is 0 Å². The van der Waals surface area contributed by atoms with Crippen LogP contribution in [0.25, 0.3) is 0 Å². The van der Waals surface area contributed by atoms with Crippen molar-refractivity contribution in [3.05, 3.63) is 35.4 Å². The average molecular weight is 309 g/mol. The molecule has 2 N–H and O–H groups in total. The molecule has 1 heterocycles. The van der Waals surface area contributed by atoms with Crippen LogP contribution in [0.4, 0.5) is 0 Å². The normalized spacial score (nSPS) is 20.9. The molecule has 1 aromatic carbocycles. The zero-order chi connectivity index (χ0) is 14.1. The molecule has 1 saturated carbocycles. The van der Waals surface area contributed by atoms with Gasteiger partial charge in [-0.1, -0.05) is 31.2 Å². The van der Waals surface area contributed by atoms with E-state index in [4.69, 9.17) is 0 Å². The zero-order valence-corrected chi connectivity index (χ0v) is 13.6. The first-order valence-electron chi connectivity index (χ1n) is 7.73. The summed E-state index contributed by atoms with van der Waals surface area (Å²) in [7, 11) is 0. The lowest BCUT2D eigenvalue weighted by atomic mass is 9.87. The summed E-state index contributed by atoms with van der Waals surface area (Å²) in [6.45, 7) is 6.15. The Morgan fingerprint density at radius 1 is 1.24 bits per heavy atom.